The second-order valence-corrected chi connectivity index (χ2v) is 8.75. The van der Waals surface area contributed by atoms with Gasteiger partial charge in [0.1, 0.15) is 0 Å². The molecule has 0 saturated carbocycles. The zero-order valence-corrected chi connectivity index (χ0v) is 20.5. The van der Waals surface area contributed by atoms with Gasteiger partial charge < -0.3 is 24.8 Å². The normalized spacial score (nSPS) is 16.6. The number of anilines is 2. The van der Waals surface area contributed by atoms with E-state index in [4.69, 9.17) is 14.2 Å². The number of nitrogens with one attached hydrogen (secondary N) is 2. The molecule has 0 radical (unpaired) electrons. The van der Waals surface area contributed by atoms with E-state index in [1.807, 2.05) is 42.5 Å². The van der Waals surface area contributed by atoms with Crippen LogP contribution in [-0.2, 0) is 4.79 Å². The topological polar surface area (TPSA) is 85.9 Å². The molecule has 1 aliphatic carbocycles. The Kier molecular flexibility index (Phi) is 6.38. The smallest absolute Gasteiger partial charge is 0.203 e. The van der Waals surface area contributed by atoms with Gasteiger partial charge in [-0.2, -0.15) is 0 Å². The molecule has 0 amide bonds. The van der Waals surface area contributed by atoms with Crippen molar-refractivity contribution in [2.24, 2.45) is 0 Å². The summed E-state index contributed by atoms with van der Waals surface area (Å²) < 4.78 is 16.8. The van der Waals surface area contributed by atoms with E-state index in [1.54, 1.807) is 39.5 Å². The van der Waals surface area contributed by atoms with Gasteiger partial charge in [0.05, 0.1) is 38.7 Å². The molecule has 1 atom stereocenters. The Hall–Kier alpha value is -4.26. The summed E-state index contributed by atoms with van der Waals surface area (Å²) in [4.78, 5) is 26.4. The lowest BCUT2D eigenvalue weighted by molar-refractivity contribution is -0.116. The highest BCUT2D eigenvalue weighted by Gasteiger charge is 2.35. The molecule has 3 aromatic carbocycles. The minimum atomic E-state index is -0.480. The Morgan fingerprint density at radius 1 is 0.833 bits per heavy atom. The van der Waals surface area contributed by atoms with Crippen molar-refractivity contribution < 1.29 is 23.8 Å². The van der Waals surface area contributed by atoms with Crippen LogP contribution in [0.15, 0.2) is 71.9 Å². The van der Waals surface area contributed by atoms with Crippen LogP contribution in [0.1, 0.15) is 46.8 Å². The van der Waals surface area contributed by atoms with E-state index in [0.717, 1.165) is 35.5 Å². The molecule has 3 aromatic rings. The summed E-state index contributed by atoms with van der Waals surface area (Å²) in [5.74, 6) is 1.52. The number of carbonyl (C=O) groups is 2. The number of carbonyl (C=O) groups excluding carboxylic acids is 2. The van der Waals surface area contributed by atoms with Crippen molar-refractivity contribution in [3.05, 3.63) is 88.6 Å². The molecule has 7 nitrogen and oxygen atoms in total. The zero-order chi connectivity index (χ0) is 25.2. The molecule has 0 spiro atoms. The zero-order valence-electron chi connectivity index (χ0n) is 20.5. The van der Waals surface area contributed by atoms with E-state index in [-0.39, 0.29) is 11.6 Å². The third-order valence-electron chi connectivity index (χ3n) is 6.69. The van der Waals surface area contributed by atoms with Crippen molar-refractivity contribution in [1.82, 2.24) is 0 Å². The molecule has 0 bridgehead atoms. The van der Waals surface area contributed by atoms with Gasteiger partial charge in [0.25, 0.3) is 0 Å². The molecule has 2 aliphatic rings. The molecule has 184 valence electrons. The number of ether oxygens (including phenoxy) is 3. The van der Waals surface area contributed by atoms with Gasteiger partial charge in [-0.15, -0.1) is 0 Å². The SMILES string of the molecule is COc1ccc([C@@H]2Nc3ccc(C(=O)c4ccccc4)cc3NC3=C2C(=O)CCC3)c(OC)c1OC. The first-order valence-electron chi connectivity index (χ1n) is 11.9. The highest BCUT2D eigenvalue weighted by molar-refractivity contribution is 6.10. The van der Waals surface area contributed by atoms with Crippen LogP contribution in [0.4, 0.5) is 11.4 Å². The van der Waals surface area contributed by atoms with Crippen molar-refractivity contribution in [3.8, 4) is 17.2 Å². The van der Waals surface area contributed by atoms with Crippen molar-refractivity contribution in [1.29, 1.82) is 0 Å². The number of hydrogen-bond donors (Lipinski definition) is 2. The van der Waals surface area contributed by atoms with Gasteiger partial charge in [-0.3, -0.25) is 9.59 Å². The van der Waals surface area contributed by atoms with Crippen LogP contribution < -0.4 is 24.8 Å². The molecular weight excluding hydrogens is 456 g/mol. The number of Topliss-reactive ketones (excluding diaryl/α,β-unsaturated/α-hetero) is 1. The minimum Gasteiger partial charge on any atom is -0.493 e. The highest BCUT2D eigenvalue weighted by atomic mass is 16.5. The Labute approximate surface area is 210 Å². The van der Waals surface area contributed by atoms with Gasteiger partial charge in [0.2, 0.25) is 5.75 Å². The number of methoxy groups -OCH3 is 3. The molecule has 0 unspecified atom stereocenters. The Morgan fingerprint density at radius 2 is 1.61 bits per heavy atom. The fourth-order valence-electron chi connectivity index (χ4n) is 4.97. The predicted octanol–water partition coefficient (Wildman–Crippen LogP) is 5.53. The fourth-order valence-corrected chi connectivity index (χ4v) is 4.97. The first-order valence-corrected chi connectivity index (χ1v) is 11.9. The molecule has 2 N–H and O–H groups in total. The molecular formula is C29H28N2O5. The molecule has 1 aliphatic heterocycles. The summed E-state index contributed by atoms with van der Waals surface area (Å²) in [6.45, 7) is 0. The highest BCUT2D eigenvalue weighted by Crippen LogP contribution is 2.48. The lowest BCUT2D eigenvalue weighted by atomic mass is 9.86. The predicted molar refractivity (Wildman–Crippen MR) is 138 cm³/mol. The third kappa shape index (κ3) is 4.06. The van der Waals surface area contributed by atoms with Gasteiger partial charge in [0.15, 0.2) is 23.1 Å². The third-order valence-corrected chi connectivity index (χ3v) is 6.69. The maximum atomic E-state index is 13.3. The van der Waals surface area contributed by atoms with Gasteiger partial charge >= 0.3 is 0 Å². The van der Waals surface area contributed by atoms with E-state index in [9.17, 15) is 9.59 Å². The molecule has 0 saturated heterocycles. The quantitative estimate of drug-likeness (QED) is 0.445. The summed E-state index contributed by atoms with van der Waals surface area (Å²) in [7, 11) is 4.70. The number of allylic oxidation sites excluding steroid dienone is 1. The molecule has 0 fully saturated rings. The van der Waals surface area contributed by atoms with E-state index >= 15 is 0 Å². The van der Waals surface area contributed by atoms with Crippen LogP contribution in [0.5, 0.6) is 17.2 Å². The van der Waals surface area contributed by atoms with Gasteiger partial charge in [0, 0.05) is 34.4 Å². The molecule has 0 aromatic heterocycles. The Balaban J connectivity index is 1.63. The molecule has 36 heavy (non-hydrogen) atoms. The van der Waals surface area contributed by atoms with E-state index < -0.39 is 6.04 Å². The lowest BCUT2D eigenvalue weighted by Crippen LogP contribution is -2.24. The number of ketones is 2. The van der Waals surface area contributed by atoms with Crippen molar-refractivity contribution in [2.75, 3.05) is 32.0 Å². The van der Waals surface area contributed by atoms with Crippen LogP contribution in [0.2, 0.25) is 0 Å². The Morgan fingerprint density at radius 3 is 2.33 bits per heavy atom. The maximum Gasteiger partial charge on any atom is 0.203 e. The molecule has 5 rings (SSSR count). The summed E-state index contributed by atoms with van der Waals surface area (Å²) in [6.07, 6.45) is 1.96. The van der Waals surface area contributed by atoms with Crippen LogP contribution in [-0.4, -0.2) is 32.9 Å². The van der Waals surface area contributed by atoms with Crippen molar-refractivity contribution >= 4 is 22.9 Å². The van der Waals surface area contributed by atoms with Gasteiger partial charge in [-0.05, 0) is 43.2 Å². The number of benzene rings is 3. The second-order valence-electron chi connectivity index (χ2n) is 8.75. The standard InChI is InChI=1S/C29H28N2O5/c1-34-24-15-13-19(28(35-2)29(24)36-3)26-25-21(10-7-11-23(25)32)30-22-16-18(12-14-20(22)31-26)27(33)17-8-5-4-6-9-17/h4-6,8-9,12-16,26,30-31H,7,10-11H2,1-3H3/t26-/m0/s1. The molecule has 7 heteroatoms. The first kappa shape index (κ1) is 23.5. The van der Waals surface area contributed by atoms with Crippen molar-refractivity contribution in [2.45, 2.75) is 25.3 Å². The number of hydrogen-bond acceptors (Lipinski definition) is 7. The van der Waals surface area contributed by atoms with Crippen LogP contribution in [0.3, 0.4) is 0 Å². The Bertz CT molecular complexity index is 1360. The van der Waals surface area contributed by atoms with Crippen LogP contribution >= 0.6 is 0 Å². The van der Waals surface area contributed by atoms with Crippen molar-refractivity contribution in [3.63, 3.8) is 0 Å². The second kappa shape index (κ2) is 9.77. The summed E-state index contributed by atoms with van der Waals surface area (Å²) in [5.41, 5.74) is 5.00. The average molecular weight is 485 g/mol. The summed E-state index contributed by atoms with van der Waals surface area (Å²) in [5, 5.41) is 7.02. The van der Waals surface area contributed by atoms with Crippen LogP contribution in [0.25, 0.3) is 0 Å². The monoisotopic (exact) mass is 484 g/mol. The van der Waals surface area contributed by atoms with E-state index in [1.165, 1.54) is 0 Å². The fraction of sp³-hybridized carbons (Fsp3) is 0.241. The lowest BCUT2D eigenvalue weighted by Gasteiger charge is -2.27. The number of rotatable bonds is 6. The summed E-state index contributed by atoms with van der Waals surface area (Å²) >= 11 is 0. The van der Waals surface area contributed by atoms with E-state index in [0.29, 0.717) is 40.4 Å². The summed E-state index contributed by atoms with van der Waals surface area (Å²) in [6, 6.07) is 17.9. The van der Waals surface area contributed by atoms with Gasteiger partial charge in [-0.25, -0.2) is 0 Å². The minimum absolute atomic E-state index is 0.0588. The number of fused-ring (bicyclic) bond motifs is 1. The largest absolute Gasteiger partial charge is 0.493 e. The van der Waals surface area contributed by atoms with Crippen LogP contribution in [0, 0.1) is 0 Å². The first-order chi connectivity index (χ1) is 17.5. The van der Waals surface area contributed by atoms with E-state index in [2.05, 4.69) is 10.6 Å². The molecule has 1 heterocycles. The average Bonchev–Trinajstić information content (AvgIpc) is 3.09. The maximum absolute atomic E-state index is 13.3. The van der Waals surface area contributed by atoms with Gasteiger partial charge in [-0.1, -0.05) is 30.3 Å².